The number of hydrogen-bond acceptors (Lipinski definition) is 5. The van der Waals surface area contributed by atoms with E-state index in [1.165, 1.54) is 6.42 Å². The number of esters is 1. The van der Waals surface area contributed by atoms with Crippen LogP contribution in [0.2, 0.25) is 19.6 Å². The van der Waals surface area contributed by atoms with E-state index in [1.54, 1.807) is 0 Å². The van der Waals surface area contributed by atoms with Gasteiger partial charge < -0.3 is 19.0 Å². The van der Waals surface area contributed by atoms with Crippen molar-refractivity contribution in [2.45, 2.75) is 104 Å². The summed E-state index contributed by atoms with van der Waals surface area (Å²) < 4.78 is 19.0. The van der Waals surface area contributed by atoms with Crippen molar-refractivity contribution in [3.8, 4) is 0 Å². The van der Waals surface area contributed by atoms with E-state index < -0.39 is 13.8 Å². The van der Waals surface area contributed by atoms with Crippen molar-refractivity contribution in [1.29, 1.82) is 0 Å². The second-order valence-corrected chi connectivity index (χ2v) is 18.0. The number of hydrogen-bond donors (Lipinski definition) is 1. The molecule has 1 heterocycles. The number of carbonyl (C=O) groups is 1. The number of ether oxygens (including phenoxy) is 1. The Hall–Kier alpha value is -1.15. The highest BCUT2D eigenvalue weighted by atomic mass is 28.3. The van der Waals surface area contributed by atoms with Crippen molar-refractivity contribution >= 4 is 21.3 Å². The maximum Gasteiger partial charge on any atom is 0.475 e. The molecule has 4 aliphatic rings. The Morgan fingerprint density at radius 2 is 1.94 bits per heavy atom. The normalized spacial score (nSPS) is 31.5. The lowest BCUT2D eigenvalue weighted by Crippen LogP contribution is -2.65. The van der Waals surface area contributed by atoms with Crippen LogP contribution in [0.4, 0.5) is 0 Å². The van der Waals surface area contributed by atoms with E-state index in [4.69, 9.17) is 14.0 Å². The predicted octanol–water partition coefficient (Wildman–Crippen LogP) is 5.25. The Morgan fingerprint density at radius 3 is 2.55 bits per heavy atom. The molecular weight excluding hydrogens is 429 g/mol. The minimum atomic E-state index is -1.62. The first kappa shape index (κ1) is 25.0. The molecule has 0 amide bonds. The summed E-state index contributed by atoms with van der Waals surface area (Å²) in [5, 5.41) is 0. The third kappa shape index (κ3) is 4.97. The zero-order valence-corrected chi connectivity index (χ0v) is 23.0. The monoisotopic (exact) mass is 471 g/mol. The summed E-state index contributed by atoms with van der Waals surface area (Å²) in [4.78, 5) is 16.5. The maximum atomic E-state index is 12.6. The average Bonchev–Trinajstić information content (AvgIpc) is 3.02. The molecule has 1 saturated heterocycles. The second kappa shape index (κ2) is 8.21. The first-order chi connectivity index (χ1) is 15.1. The molecule has 0 aromatic heterocycles. The van der Waals surface area contributed by atoms with Crippen molar-refractivity contribution in [3.05, 3.63) is 35.4 Å². The molecule has 0 spiro atoms. The van der Waals surface area contributed by atoms with Crippen LogP contribution in [0.1, 0.15) is 70.3 Å². The third-order valence-electron chi connectivity index (χ3n) is 7.93. The summed E-state index contributed by atoms with van der Waals surface area (Å²) in [5.41, 5.74) is 1.27. The van der Waals surface area contributed by atoms with Crippen LogP contribution in [0, 0.1) is 17.3 Å². The molecule has 1 aliphatic heterocycles. The molecule has 0 radical (unpaired) electrons. The highest BCUT2D eigenvalue weighted by Crippen LogP contribution is 2.65. The van der Waals surface area contributed by atoms with Crippen molar-refractivity contribution in [2.75, 3.05) is 0 Å². The molecular formula is C26H42BNO4Si. The van der Waals surface area contributed by atoms with Crippen molar-refractivity contribution in [1.82, 2.24) is 4.98 Å². The van der Waals surface area contributed by atoms with Gasteiger partial charge in [-0.1, -0.05) is 45.6 Å². The highest BCUT2D eigenvalue weighted by Gasteiger charge is 2.68. The fraction of sp³-hybridized carbons (Fsp3) is 0.731. The van der Waals surface area contributed by atoms with Crippen molar-refractivity contribution in [3.63, 3.8) is 0 Å². The summed E-state index contributed by atoms with van der Waals surface area (Å²) in [6, 6.07) is 7.80. The van der Waals surface area contributed by atoms with Gasteiger partial charge in [0.2, 0.25) is 0 Å². The Morgan fingerprint density at radius 1 is 1.24 bits per heavy atom. The molecule has 2 bridgehead atoms. The van der Waals surface area contributed by atoms with E-state index in [9.17, 15) is 4.79 Å². The van der Waals surface area contributed by atoms with Gasteiger partial charge in [-0.05, 0) is 81.9 Å². The number of benzene rings is 1. The fourth-order valence-corrected chi connectivity index (χ4v) is 7.61. The zero-order chi connectivity index (χ0) is 24.4. The molecule has 3 aliphatic carbocycles. The van der Waals surface area contributed by atoms with E-state index in [0.717, 1.165) is 24.3 Å². The third-order valence-corrected chi connectivity index (χ3v) is 9.17. The Labute approximate surface area is 201 Å². The van der Waals surface area contributed by atoms with Crippen LogP contribution in [0.25, 0.3) is 0 Å². The van der Waals surface area contributed by atoms with Crippen LogP contribution in [-0.4, -0.2) is 44.6 Å². The maximum absolute atomic E-state index is 12.6. The van der Waals surface area contributed by atoms with Gasteiger partial charge in [0.05, 0.1) is 17.3 Å². The van der Waals surface area contributed by atoms with E-state index >= 15 is 0 Å². The number of nitrogens with one attached hydrogen (secondary N) is 1. The van der Waals surface area contributed by atoms with Gasteiger partial charge in [0.15, 0.2) is 0 Å². The SMILES string of the molecule is CC(C)(C)OC(=O)c1cccc(CC(N[Si](C)(C)C)B2OC3CC4CC(C4(C)C)C3(C)O2)c1. The van der Waals surface area contributed by atoms with Gasteiger partial charge in [-0.2, -0.15) is 0 Å². The van der Waals surface area contributed by atoms with Crippen molar-refractivity contribution < 1.29 is 18.8 Å². The van der Waals surface area contributed by atoms with E-state index in [2.05, 4.69) is 51.5 Å². The lowest BCUT2D eigenvalue weighted by Gasteiger charge is -2.64. The minimum absolute atomic E-state index is 0.0355. The minimum Gasteiger partial charge on any atom is -0.456 e. The summed E-state index contributed by atoms with van der Waals surface area (Å²) in [7, 11) is -1.90. The smallest absolute Gasteiger partial charge is 0.456 e. The van der Waals surface area contributed by atoms with Gasteiger partial charge >= 0.3 is 13.1 Å². The largest absolute Gasteiger partial charge is 0.475 e. The lowest BCUT2D eigenvalue weighted by atomic mass is 9.43. The molecule has 5 unspecified atom stereocenters. The molecule has 33 heavy (non-hydrogen) atoms. The first-order valence-corrected chi connectivity index (χ1v) is 16.0. The van der Waals surface area contributed by atoms with Crippen LogP contribution < -0.4 is 4.98 Å². The number of carbonyl (C=O) groups excluding carboxylic acids is 1. The van der Waals surface area contributed by atoms with Crippen molar-refractivity contribution in [2.24, 2.45) is 17.3 Å². The van der Waals surface area contributed by atoms with Gasteiger partial charge in [-0.15, -0.1) is 0 Å². The Bertz CT molecular complexity index is 908. The van der Waals surface area contributed by atoms with E-state index in [-0.39, 0.29) is 30.7 Å². The topological polar surface area (TPSA) is 56.8 Å². The van der Waals surface area contributed by atoms with Crippen LogP contribution in [0.5, 0.6) is 0 Å². The molecule has 182 valence electrons. The molecule has 3 saturated carbocycles. The van der Waals surface area contributed by atoms with Gasteiger partial charge in [0.25, 0.3) is 0 Å². The standard InChI is InChI=1S/C26H42BNO4Si/c1-24(2,3)30-23(29)18-12-10-11-17(13-18)14-22(28-33(7,8)9)27-31-21-16-19-15-20(25(19,4)5)26(21,6)32-27/h10-13,19-22,28H,14-16H2,1-9H3. The molecule has 7 heteroatoms. The molecule has 1 N–H and O–H groups in total. The molecule has 5 rings (SSSR count). The fourth-order valence-electron chi connectivity index (χ4n) is 6.26. The van der Waals surface area contributed by atoms with Gasteiger partial charge in [0, 0.05) is 5.94 Å². The summed E-state index contributed by atoms with van der Waals surface area (Å²) in [6.45, 7) is 19.7. The van der Waals surface area contributed by atoms with Gasteiger partial charge in [-0.25, -0.2) is 4.79 Å². The molecule has 4 fully saturated rings. The second-order valence-electron chi connectivity index (χ2n) is 13.2. The Balaban J connectivity index is 1.54. The molecule has 5 atom stereocenters. The van der Waals surface area contributed by atoms with E-state index in [1.807, 2.05) is 39.0 Å². The summed E-state index contributed by atoms with van der Waals surface area (Å²) in [5.74, 6) is 1.03. The van der Waals surface area contributed by atoms with Gasteiger partial charge in [-0.3, -0.25) is 0 Å². The Kier molecular flexibility index (Phi) is 6.21. The van der Waals surface area contributed by atoms with Crippen LogP contribution in [-0.2, 0) is 20.5 Å². The predicted molar refractivity (Wildman–Crippen MR) is 136 cm³/mol. The van der Waals surface area contributed by atoms with Crippen LogP contribution in [0.3, 0.4) is 0 Å². The summed E-state index contributed by atoms with van der Waals surface area (Å²) in [6.07, 6.45) is 3.24. The summed E-state index contributed by atoms with van der Waals surface area (Å²) >= 11 is 0. The van der Waals surface area contributed by atoms with Crippen LogP contribution in [0.15, 0.2) is 24.3 Å². The quantitative estimate of drug-likeness (QED) is 0.454. The molecule has 1 aromatic carbocycles. The lowest BCUT2D eigenvalue weighted by molar-refractivity contribution is -0.199. The highest BCUT2D eigenvalue weighted by molar-refractivity contribution is 6.74. The first-order valence-electron chi connectivity index (χ1n) is 12.5. The van der Waals surface area contributed by atoms with E-state index in [0.29, 0.717) is 16.9 Å². The molecule has 5 nitrogen and oxygen atoms in total. The van der Waals surface area contributed by atoms with Gasteiger partial charge in [0.1, 0.15) is 13.8 Å². The zero-order valence-electron chi connectivity index (χ0n) is 22.0. The average molecular weight is 472 g/mol. The van der Waals surface area contributed by atoms with Crippen LogP contribution >= 0.6 is 0 Å². The molecule has 1 aromatic rings. The number of rotatable bonds is 6.